The molecule has 0 fully saturated rings. The van der Waals surface area contributed by atoms with Crippen LogP contribution in [0.2, 0.25) is 10.0 Å². The number of nitro benzene ring substituents is 1. The first kappa shape index (κ1) is 17.8. The van der Waals surface area contributed by atoms with Crippen molar-refractivity contribution < 1.29 is 14.4 Å². The smallest absolute Gasteiger partial charge is 0.315 e. The quantitative estimate of drug-likeness (QED) is 0.464. The summed E-state index contributed by atoms with van der Waals surface area (Å²) in [7, 11) is 2.74. The highest BCUT2D eigenvalue weighted by atomic mass is 35.5. The Morgan fingerprint density at radius 1 is 1.17 bits per heavy atom. The number of anilines is 1. The minimum Gasteiger partial charge on any atom is -0.493 e. The summed E-state index contributed by atoms with van der Waals surface area (Å²) in [5.74, 6) is 0.291. The van der Waals surface area contributed by atoms with Gasteiger partial charge in [-0.3, -0.25) is 15.5 Å². The normalized spacial score (nSPS) is 10.7. The number of methoxy groups -OCH3 is 2. The number of benzene rings is 2. The molecule has 2 rings (SSSR count). The number of nitrogens with zero attached hydrogens (tertiary/aromatic N) is 2. The molecule has 0 aliphatic heterocycles. The summed E-state index contributed by atoms with van der Waals surface area (Å²) in [5, 5.41) is 16.0. The third kappa shape index (κ3) is 4.06. The van der Waals surface area contributed by atoms with Crippen LogP contribution in [0.15, 0.2) is 35.4 Å². The molecule has 2 aromatic rings. The summed E-state index contributed by atoms with van der Waals surface area (Å²) in [6.45, 7) is 0. The van der Waals surface area contributed by atoms with Crippen molar-refractivity contribution in [2.45, 2.75) is 0 Å². The molecule has 0 spiro atoms. The second kappa shape index (κ2) is 7.85. The van der Waals surface area contributed by atoms with Crippen molar-refractivity contribution in [2.75, 3.05) is 19.6 Å². The van der Waals surface area contributed by atoms with E-state index in [-0.39, 0.29) is 17.2 Å². The first-order chi connectivity index (χ1) is 11.5. The zero-order valence-electron chi connectivity index (χ0n) is 12.7. The summed E-state index contributed by atoms with van der Waals surface area (Å²) in [5.41, 5.74) is 3.63. The molecule has 2 aromatic carbocycles. The number of ether oxygens (including phenoxy) is 2. The van der Waals surface area contributed by atoms with Gasteiger partial charge in [0.2, 0.25) is 5.75 Å². The van der Waals surface area contributed by atoms with Crippen molar-refractivity contribution in [1.82, 2.24) is 0 Å². The molecular weight excluding hydrogens is 357 g/mol. The minimum atomic E-state index is -0.551. The van der Waals surface area contributed by atoms with Crippen LogP contribution >= 0.6 is 23.2 Å². The highest BCUT2D eigenvalue weighted by Crippen LogP contribution is 2.37. The predicted molar refractivity (Wildman–Crippen MR) is 93.9 cm³/mol. The largest absolute Gasteiger partial charge is 0.493 e. The topological polar surface area (TPSA) is 86.0 Å². The number of hydrogen-bond acceptors (Lipinski definition) is 6. The van der Waals surface area contributed by atoms with Crippen LogP contribution in [0.5, 0.6) is 11.5 Å². The number of rotatable bonds is 6. The number of nitrogens with one attached hydrogen (secondary N) is 1. The zero-order valence-corrected chi connectivity index (χ0v) is 14.3. The van der Waals surface area contributed by atoms with Gasteiger partial charge < -0.3 is 9.47 Å². The standard InChI is InChI=1S/C15H13Cl2N3O4/c1-23-14-6-9(5-13(20(21)22)15(14)24-2)8-18-19-10-3-4-11(16)12(17)7-10/h3-8,19H,1-2H3. The van der Waals surface area contributed by atoms with Gasteiger partial charge in [0.25, 0.3) is 0 Å². The molecule has 126 valence electrons. The maximum atomic E-state index is 11.1. The van der Waals surface area contributed by atoms with Gasteiger partial charge in [0, 0.05) is 11.6 Å². The van der Waals surface area contributed by atoms with Crippen LogP contribution in [-0.4, -0.2) is 25.4 Å². The van der Waals surface area contributed by atoms with Crippen LogP contribution < -0.4 is 14.9 Å². The maximum absolute atomic E-state index is 11.1. The van der Waals surface area contributed by atoms with E-state index in [9.17, 15) is 10.1 Å². The third-order valence-electron chi connectivity index (χ3n) is 3.01. The van der Waals surface area contributed by atoms with Crippen molar-refractivity contribution in [2.24, 2.45) is 5.10 Å². The highest BCUT2D eigenvalue weighted by molar-refractivity contribution is 6.42. The molecule has 0 amide bonds. The van der Waals surface area contributed by atoms with E-state index >= 15 is 0 Å². The van der Waals surface area contributed by atoms with Crippen molar-refractivity contribution in [3.63, 3.8) is 0 Å². The van der Waals surface area contributed by atoms with Gasteiger partial charge in [-0.2, -0.15) is 5.10 Å². The van der Waals surface area contributed by atoms with Gasteiger partial charge in [-0.25, -0.2) is 0 Å². The van der Waals surface area contributed by atoms with E-state index in [1.54, 1.807) is 24.3 Å². The first-order valence-electron chi connectivity index (χ1n) is 6.60. The molecular formula is C15H13Cl2N3O4. The number of halogens is 2. The maximum Gasteiger partial charge on any atom is 0.315 e. The van der Waals surface area contributed by atoms with Crippen LogP contribution in [0.1, 0.15) is 5.56 Å². The van der Waals surface area contributed by atoms with Crippen molar-refractivity contribution >= 4 is 40.8 Å². The predicted octanol–water partition coefficient (Wildman–Crippen LogP) is 4.36. The summed E-state index contributed by atoms with van der Waals surface area (Å²) < 4.78 is 10.1. The molecule has 0 unspecified atom stereocenters. The Hall–Kier alpha value is -2.51. The van der Waals surface area contributed by atoms with Gasteiger partial charge in [0.05, 0.1) is 41.1 Å². The number of nitro groups is 1. The van der Waals surface area contributed by atoms with Crippen LogP contribution in [0, 0.1) is 10.1 Å². The van der Waals surface area contributed by atoms with Gasteiger partial charge in [0.1, 0.15) is 0 Å². The summed E-state index contributed by atoms with van der Waals surface area (Å²) in [4.78, 5) is 10.6. The lowest BCUT2D eigenvalue weighted by Gasteiger charge is -2.08. The Labute approximate surface area is 147 Å². The molecule has 9 heteroatoms. The Morgan fingerprint density at radius 2 is 1.92 bits per heavy atom. The van der Waals surface area contributed by atoms with E-state index in [4.69, 9.17) is 32.7 Å². The summed E-state index contributed by atoms with van der Waals surface area (Å²) >= 11 is 11.7. The Kier molecular flexibility index (Phi) is 5.83. The van der Waals surface area contributed by atoms with Crippen molar-refractivity contribution in [3.05, 3.63) is 56.1 Å². The first-order valence-corrected chi connectivity index (χ1v) is 7.36. The van der Waals surface area contributed by atoms with E-state index in [0.29, 0.717) is 21.3 Å². The lowest BCUT2D eigenvalue weighted by Crippen LogP contribution is -1.99. The van der Waals surface area contributed by atoms with E-state index < -0.39 is 4.92 Å². The van der Waals surface area contributed by atoms with Gasteiger partial charge in [-0.05, 0) is 24.3 Å². The summed E-state index contributed by atoms with van der Waals surface area (Å²) in [6, 6.07) is 7.84. The van der Waals surface area contributed by atoms with Crippen molar-refractivity contribution in [3.8, 4) is 11.5 Å². The molecule has 0 saturated carbocycles. The average Bonchev–Trinajstić information content (AvgIpc) is 2.57. The number of hydrazone groups is 1. The van der Waals surface area contributed by atoms with E-state index in [1.807, 2.05) is 0 Å². The highest BCUT2D eigenvalue weighted by Gasteiger charge is 2.20. The zero-order chi connectivity index (χ0) is 17.7. The van der Waals surface area contributed by atoms with Gasteiger partial charge in [-0.15, -0.1) is 0 Å². The minimum absolute atomic E-state index is 0.0529. The molecule has 0 radical (unpaired) electrons. The van der Waals surface area contributed by atoms with Gasteiger partial charge in [0.15, 0.2) is 5.75 Å². The molecule has 1 N–H and O–H groups in total. The van der Waals surface area contributed by atoms with Crippen LogP contribution in [-0.2, 0) is 0 Å². The molecule has 0 aliphatic carbocycles. The third-order valence-corrected chi connectivity index (χ3v) is 3.74. The lowest BCUT2D eigenvalue weighted by atomic mass is 10.2. The second-order valence-electron chi connectivity index (χ2n) is 4.53. The Bertz CT molecular complexity index is 797. The molecule has 0 atom stereocenters. The lowest BCUT2D eigenvalue weighted by molar-refractivity contribution is -0.385. The monoisotopic (exact) mass is 369 g/mol. The molecule has 0 bridgehead atoms. The van der Waals surface area contributed by atoms with E-state index in [1.165, 1.54) is 26.5 Å². The molecule has 0 aromatic heterocycles. The SMILES string of the molecule is COc1cc(C=NNc2ccc(Cl)c(Cl)c2)cc([N+](=O)[O-])c1OC. The molecule has 0 saturated heterocycles. The van der Waals surface area contributed by atoms with Crippen LogP contribution in [0.25, 0.3) is 0 Å². The fraction of sp³-hybridized carbons (Fsp3) is 0.133. The van der Waals surface area contributed by atoms with Crippen LogP contribution in [0.3, 0.4) is 0 Å². The summed E-state index contributed by atoms with van der Waals surface area (Å²) in [6.07, 6.45) is 1.41. The molecule has 0 heterocycles. The molecule has 0 aliphatic rings. The number of hydrogen-bond donors (Lipinski definition) is 1. The fourth-order valence-electron chi connectivity index (χ4n) is 1.92. The van der Waals surface area contributed by atoms with Gasteiger partial charge >= 0.3 is 5.69 Å². The fourth-order valence-corrected chi connectivity index (χ4v) is 2.22. The van der Waals surface area contributed by atoms with Gasteiger partial charge in [-0.1, -0.05) is 23.2 Å². The molecule has 7 nitrogen and oxygen atoms in total. The van der Waals surface area contributed by atoms with E-state index in [0.717, 1.165) is 0 Å². The molecule has 24 heavy (non-hydrogen) atoms. The van der Waals surface area contributed by atoms with Crippen molar-refractivity contribution in [1.29, 1.82) is 0 Å². The Morgan fingerprint density at radius 3 is 2.50 bits per heavy atom. The average molecular weight is 370 g/mol. The van der Waals surface area contributed by atoms with Crippen LogP contribution in [0.4, 0.5) is 11.4 Å². The Balaban J connectivity index is 2.26. The van der Waals surface area contributed by atoms with E-state index in [2.05, 4.69) is 10.5 Å². The second-order valence-corrected chi connectivity index (χ2v) is 5.35.